The Bertz CT molecular complexity index is 678. The Kier molecular flexibility index (Phi) is 9.21. The first kappa shape index (κ1) is 22.6. The van der Waals surface area contributed by atoms with Gasteiger partial charge in [0.15, 0.2) is 5.96 Å². The van der Waals surface area contributed by atoms with Gasteiger partial charge in [-0.3, -0.25) is 0 Å². The molecule has 146 valence electrons. The fourth-order valence-electron chi connectivity index (χ4n) is 2.66. The van der Waals surface area contributed by atoms with Gasteiger partial charge in [0.05, 0.1) is 12.8 Å². The smallest absolute Gasteiger partial charge is 0.191 e. The first-order valence-corrected chi connectivity index (χ1v) is 8.77. The minimum absolute atomic E-state index is 0. The second-order valence-electron chi connectivity index (χ2n) is 6.45. The monoisotopic (exact) mass is 475 g/mol. The fourth-order valence-corrected chi connectivity index (χ4v) is 2.66. The van der Waals surface area contributed by atoms with E-state index in [1.807, 2.05) is 32.0 Å². The van der Waals surface area contributed by atoms with Gasteiger partial charge in [0.25, 0.3) is 0 Å². The number of nitrogens with one attached hydrogen (secondary N) is 2. The van der Waals surface area contributed by atoms with Gasteiger partial charge in [-0.05, 0) is 45.4 Å². The first-order chi connectivity index (χ1) is 11.9. The molecule has 0 aromatic carbocycles. The highest BCUT2D eigenvalue weighted by Gasteiger charge is 2.27. The molecule has 3 N–H and O–H groups in total. The summed E-state index contributed by atoms with van der Waals surface area (Å²) in [4.78, 5) is 4.55. The topological polar surface area (TPSA) is 82.9 Å². The molecule has 0 saturated heterocycles. The number of rotatable bonds is 8. The highest BCUT2D eigenvalue weighted by atomic mass is 127. The summed E-state index contributed by atoms with van der Waals surface area (Å²) in [6.07, 6.45) is 3.44. The summed E-state index contributed by atoms with van der Waals surface area (Å²) in [6, 6.07) is 5.70. The molecule has 0 aliphatic carbocycles. The SMILES string of the molecule is CCCNC(=NCC(C)(O)c1cc(C)oc1C)NCCc1ccco1.I. The van der Waals surface area contributed by atoms with Crippen LogP contribution in [0.3, 0.4) is 0 Å². The van der Waals surface area contributed by atoms with Crippen LogP contribution in [-0.2, 0) is 12.0 Å². The molecule has 0 bridgehead atoms. The lowest BCUT2D eigenvalue weighted by atomic mass is 9.96. The van der Waals surface area contributed by atoms with Crippen LogP contribution in [0.5, 0.6) is 0 Å². The second-order valence-corrected chi connectivity index (χ2v) is 6.45. The van der Waals surface area contributed by atoms with Crippen LogP contribution >= 0.6 is 24.0 Å². The number of halogens is 1. The van der Waals surface area contributed by atoms with Gasteiger partial charge >= 0.3 is 0 Å². The van der Waals surface area contributed by atoms with Gasteiger partial charge in [0.1, 0.15) is 22.9 Å². The molecule has 1 atom stereocenters. The lowest BCUT2D eigenvalue weighted by molar-refractivity contribution is 0.0657. The molecule has 1 unspecified atom stereocenters. The Hall–Kier alpha value is -1.48. The Morgan fingerprint density at radius 1 is 1.27 bits per heavy atom. The predicted octanol–water partition coefficient (Wildman–Crippen LogP) is 3.50. The maximum Gasteiger partial charge on any atom is 0.191 e. The zero-order chi connectivity index (χ0) is 18.3. The maximum atomic E-state index is 10.8. The van der Waals surface area contributed by atoms with Crippen molar-refractivity contribution in [3.05, 3.63) is 47.3 Å². The molecule has 26 heavy (non-hydrogen) atoms. The summed E-state index contributed by atoms with van der Waals surface area (Å²) in [5, 5.41) is 17.3. The first-order valence-electron chi connectivity index (χ1n) is 8.77. The molecule has 0 spiro atoms. The molecule has 0 radical (unpaired) electrons. The summed E-state index contributed by atoms with van der Waals surface area (Å²) in [6.45, 7) is 9.36. The molecule has 2 aromatic heterocycles. The largest absolute Gasteiger partial charge is 0.469 e. The normalized spacial score (nSPS) is 13.8. The van der Waals surface area contributed by atoms with Crippen molar-refractivity contribution >= 4 is 29.9 Å². The van der Waals surface area contributed by atoms with E-state index in [9.17, 15) is 5.11 Å². The molecular weight excluding hydrogens is 445 g/mol. The van der Waals surface area contributed by atoms with E-state index in [0.29, 0.717) is 12.5 Å². The maximum absolute atomic E-state index is 10.8. The molecule has 0 amide bonds. The van der Waals surface area contributed by atoms with Crippen LogP contribution in [0, 0.1) is 13.8 Å². The molecule has 2 rings (SSSR count). The second kappa shape index (κ2) is 10.6. The predicted molar refractivity (Wildman–Crippen MR) is 114 cm³/mol. The lowest BCUT2D eigenvalue weighted by Crippen LogP contribution is -2.40. The molecule has 0 aliphatic rings. The van der Waals surface area contributed by atoms with Crippen molar-refractivity contribution in [3.63, 3.8) is 0 Å². The van der Waals surface area contributed by atoms with Crippen LogP contribution in [0.4, 0.5) is 0 Å². The summed E-state index contributed by atoms with van der Waals surface area (Å²) in [7, 11) is 0. The fraction of sp³-hybridized carbons (Fsp3) is 0.526. The van der Waals surface area contributed by atoms with Gasteiger partial charge < -0.3 is 24.6 Å². The van der Waals surface area contributed by atoms with Crippen molar-refractivity contribution in [2.75, 3.05) is 19.6 Å². The van der Waals surface area contributed by atoms with Crippen LogP contribution in [-0.4, -0.2) is 30.7 Å². The number of guanidine groups is 1. The number of furan rings is 2. The quantitative estimate of drug-likeness (QED) is 0.309. The van der Waals surface area contributed by atoms with Gasteiger partial charge in [-0.2, -0.15) is 0 Å². The van der Waals surface area contributed by atoms with Crippen LogP contribution in [0.2, 0.25) is 0 Å². The average molecular weight is 475 g/mol. The van der Waals surface area contributed by atoms with E-state index >= 15 is 0 Å². The number of hydrogen-bond donors (Lipinski definition) is 3. The number of hydrogen-bond acceptors (Lipinski definition) is 4. The van der Waals surface area contributed by atoms with E-state index in [2.05, 4.69) is 22.5 Å². The van der Waals surface area contributed by atoms with Crippen molar-refractivity contribution in [2.24, 2.45) is 4.99 Å². The standard InChI is InChI=1S/C19H29N3O3.HI/c1-5-9-20-18(21-10-8-16-7-6-11-24-16)22-13-19(4,23)17-12-14(2)25-15(17)3;/h6-7,11-12,23H,5,8-10,13H2,1-4H3,(H2,20,21,22);1H. The highest BCUT2D eigenvalue weighted by Crippen LogP contribution is 2.27. The Balaban J connectivity index is 0.00000338. The van der Waals surface area contributed by atoms with Gasteiger partial charge in [0, 0.05) is 25.1 Å². The lowest BCUT2D eigenvalue weighted by Gasteiger charge is -2.21. The molecular formula is C19H30IN3O3. The molecule has 7 heteroatoms. The van der Waals surface area contributed by atoms with Crippen LogP contribution in [0.15, 0.2) is 38.3 Å². The minimum atomic E-state index is -1.08. The van der Waals surface area contributed by atoms with Gasteiger partial charge in [0.2, 0.25) is 0 Å². The van der Waals surface area contributed by atoms with Crippen LogP contribution < -0.4 is 10.6 Å². The highest BCUT2D eigenvalue weighted by molar-refractivity contribution is 14.0. The molecule has 6 nitrogen and oxygen atoms in total. The summed E-state index contributed by atoms with van der Waals surface area (Å²) < 4.78 is 10.9. The average Bonchev–Trinajstić information content (AvgIpc) is 3.19. The Labute approximate surface area is 172 Å². The Morgan fingerprint density at radius 2 is 2.00 bits per heavy atom. The van der Waals surface area contributed by atoms with E-state index in [1.165, 1.54) is 0 Å². The number of aryl methyl sites for hydroxylation is 2. The number of aliphatic imine (C=N–C) groups is 1. The molecule has 0 fully saturated rings. The third kappa shape index (κ3) is 6.68. The van der Waals surface area contributed by atoms with Crippen molar-refractivity contribution in [1.82, 2.24) is 10.6 Å². The van der Waals surface area contributed by atoms with Crippen LogP contribution in [0.1, 0.15) is 43.1 Å². The molecule has 0 aliphatic heterocycles. The number of nitrogens with zero attached hydrogens (tertiary/aromatic N) is 1. The van der Waals surface area contributed by atoms with E-state index in [0.717, 1.165) is 42.2 Å². The third-order valence-corrected chi connectivity index (χ3v) is 3.95. The molecule has 0 saturated carbocycles. The van der Waals surface area contributed by atoms with Crippen molar-refractivity contribution in [1.29, 1.82) is 0 Å². The van der Waals surface area contributed by atoms with Crippen molar-refractivity contribution in [2.45, 2.75) is 46.1 Å². The van der Waals surface area contributed by atoms with Crippen molar-refractivity contribution < 1.29 is 13.9 Å². The zero-order valence-corrected chi connectivity index (χ0v) is 18.3. The van der Waals surface area contributed by atoms with Gasteiger partial charge in [-0.25, -0.2) is 4.99 Å². The zero-order valence-electron chi connectivity index (χ0n) is 16.0. The summed E-state index contributed by atoms with van der Waals surface area (Å²) in [5.41, 5.74) is -0.303. The van der Waals surface area contributed by atoms with Crippen LogP contribution in [0.25, 0.3) is 0 Å². The van der Waals surface area contributed by atoms with E-state index in [1.54, 1.807) is 13.2 Å². The Morgan fingerprint density at radius 3 is 2.58 bits per heavy atom. The van der Waals surface area contributed by atoms with Gasteiger partial charge in [-0.15, -0.1) is 24.0 Å². The van der Waals surface area contributed by atoms with Gasteiger partial charge in [-0.1, -0.05) is 6.92 Å². The van der Waals surface area contributed by atoms with E-state index < -0.39 is 5.60 Å². The van der Waals surface area contributed by atoms with Crippen molar-refractivity contribution in [3.8, 4) is 0 Å². The number of aliphatic hydroxyl groups is 1. The summed E-state index contributed by atoms with van der Waals surface area (Å²) in [5.74, 6) is 3.13. The third-order valence-electron chi connectivity index (χ3n) is 3.95. The molecule has 2 aromatic rings. The van der Waals surface area contributed by atoms with E-state index in [-0.39, 0.29) is 30.5 Å². The molecule has 2 heterocycles. The minimum Gasteiger partial charge on any atom is -0.469 e. The summed E-state index contributed by atoms with van der Waals surface area (Å²) >= 11 is 0. The van der Waals surface area contributed by atoms with E-state index in [4.69, 9.17) is 8.83 Å².